The first kappa shape index (κ1) is 23.9. The summed E-state index contributed by atoms with van der Waals surface area (Å²) in [4.78, 5) is 14.9. The highest BCUT2D eigenvalue weighted by Gasteiger charge is 2.49. The van der Waals surface area contributed by atoms with Gasteiger partial charge in [-0.15, -0.1) is 0 Å². The number of unbranched alkanes of at least 4 members (excludes halogenated alkanes) is 1. The molecule has 1 saturated heterocycles. The molecule has 31 heavy (non-hydrogen) atoms. The van der Waals surface area contributed by atoms with E-state index in [-0.39, 0.29) is 17.9 Å². The maximum Gasteiger partial charge on any atom is 0.239 e. The Kier molecular flexibility index (Phi) is 7.87. The molecule has 1 aromatic rings. The molecule has 0 bridgehead atoms. The van der Waals surface area contributed by atoms with Gasteiger partial charge in [-0.05, 0) is 56.7 Å². The van der Waals surface area contributed by atoms with E-state index in [0.717, 1.165) is 42.7 Å². The van der Waals surface area contributed by atoms with Crippen LogP contribution in [0.25, 0.3) is 0 Å². The van der Waals surface area contributed by atoms with Gasteiger partial charge in [0.05, 0.1) is 25.4 Å². The van der Waals surface area contributed by atoms with E-state index in [1.54, 1.807) is 7.11 Å². The van der Waals surface area contributed by atoms with Crippen LogP contribution in [0.3, 0.4) is 0 Å². The van der Waals surface area contributed by atoms with E-state index in [9.17, 15) is 9.90 Å². The van der Waals surface area contributed by atoms with Gasteiger partial charge in [-0.3, -0.25) is 4.79 Å². The summed E-state index contributed by atoms with van der Waals surface area (Å²) in [6.45, 7) is 7.03. The summed E-state index contributed by atoms with van der Waals surface area (Å²) in [6.07, 6.45) is 6.86. The fraction of sp³-hybridized carbons (Fsp3) is 0.720. The minimum absolute atomic E-state index is 0.00772. The van der Waals surface area contributed by atoms with Crippen LogP contribution in [0.2, 0.25) is 0 Å². The highest BCUT2D eigenvalue weighted by Crippen LogP contribution is 2.47. The molecular weight excluding hydrogens is 392 g/mol. The number of hydrogen-bond acceptors (Lipinski definition) is 5. The number of nitrogens with zero attached hydrogens (tertiary/aromatic N) is 1. The van der Waals surface area contributed by atoms with Gasteiger partial charge < -0.3 is 25.2 Å². The predicted molar refractivity (Wildman–Crippen MR) is 122 cm³/mol. The molecular formula is C25H40N2O4. The second kappa shape index (κ2) is 10.2. The highest BCUT2D eigenvalue weighted by molar-refractivity contribution is 5.82. The van der Waals surface area contributed by atoms with Crippen LogP contribution in [0.15, 0.2) is 18.2 Å². The van der Waals surface area contributed by atoms with Crippen molar-refractivity contribution in [2.24, 2.45) is 11.1 Å². The Hall–Kier alpha value is -1.79. The lowest BCUT2D eigenvalue weighted by molar-refractivity contribution is -0.132. The molecule has 1 amide bonds. The van der Waals surface area contributed by atoms with Crippen molar-refractivity contribution < 1.29 is 19.4 Å². The summed E-state index contributed by atoms with van der Waals surface area (Å²) >= 11 is 0. The summed E-state index contributed by atoms with van der Waals surface area (Å²) in [5, 5.41) is 10.7. The molecule has 1 aromatic carbocycles. The molecule has 2 fully saturated rings. The largest absolute Gasteiger partial charge is 0.493 e. The maximum absolute atomic E-state index is 13.0. The van der Waals surface area contributed by atoms with Crippen molar-refractivity contribution in [3.05, 3.63) is 23.8 Å². The number of likely N-dealkylation sites (tertiary alicyclic amines) is 1. The van der Waals surface area contributed by atoms with Gasteiger partial charge in [-0.2, -0.15) is 0 Å². The maximum atomic E-state index is 13.0. The summed E-state index contributed by atoms with van der Waals surface area (Å²) < 4.78 is 11.8. The predicted octanol–water partition coefficient (Wildman–Crippen LogP) is 3.85. The third-order valence-corrected chi connectivity index (χ3v) is 7.37. The molecule has 1 saturated carbocycles. The number of nitrogens with two attached hydrogens (primary N) is 1. The Morgan fingerprint density at radius 1 is 1.32 bits per heavy atom. The zero-order chi connectivity index (χ0) is 22.6. The van der Waals surface area contributed by atoms with Crippen LogP contribution < -0.4 is 15.2 Å². The Bertz CT molecular complexity index is 747. The molecule has 4 atom stereocenters. The van der Waals surface area contributed by atoms with Gasteiger partial charge in [0.25, 0.3) is 0 Å². The average Bonchev–Trinajstić information content (AvgIpc) is 3.39. The first-order valence-corrected chi connectivity index (χ1v) is 11.9. The average molecular weight is 433 g/mol. The smallest absolute Gasteiger partial charge is 0.239 e. The second-order valence-corrected chi connectivity index (χ2v) is 9.64. The molecule has 1 heterocycles. The number of amides is 1. The molecule has 6 nitrogen and oxygen atoms in total. The topological polar surface area (TPSA) is 85.0 Å². The number of benzene rings is 1. The minimum Gasteiger partial charge on any atom is -0.493 e. The normalized spacial score (nSPS) is 26.1. The first-order chi connectivity index (χ1) is 14.8. The van der Waals surface area contributed by atoms with Crippen molar-refractivity contribution in [2.75, 3.05) is 20.2 Å². The summed E-state index contributed by atoms with van der Waals surface area (Å²) in [5.41, 5.74) is 6.80. The van der Waals surface area contributed by atoms with E-state index in [0.29, 0.717) is 19.5 Å². The molecule has 1 aliphatic carbocycles. The van der Waals surface area contributed by atoms with E-state index in [4.69, 9.17) is 15.2 Å². The molecule has 1 aliphatic heterocycles. The Morgan fingerprint density at radius 2 is 2.03 bits per heavy atom. The lowest BCUT2D eigenvalue weighted by Gasteiger charge is -2.34. The number of carbonyl (C=O) groups is 1. The van der Waals surface area contributed by atoms with Crippen LogP contribution in [0.4, 0.5) is 0 Å². The minimum atomic E-state index is -0.566. The first-order valence-electron chi connectivity index (χ1n) is 11.9. The fourth-order valence-electron chi connectivity index (χ4n) is 5.06. The van der Waals surface area contributed by atoms with Crippen molar-refractivity contribution in [3.8, 4) is 11.5 Å². The molecule has 2 aliphatic rings. The molecule has 3 N–H and O–H groups in total. The van der Waals surface area contributed by atoms with Gasteiger partial charge in [0.15, 0.2) is 11.5 Å². The van der Waals surface area contributed by atoms with E-state index < -0.39 is 17.6 Å². The molecule has 0 radical (unpaired) electrons. The quantitative estimate of drug-likeness (QED) is 0.619. The molecule has 0 aromatic heterocycles. The Balaban J connectivity index is 1.85. The molecule has 174 valence electrons. The van der Waals surface area contributed by atoms with Gasteiger partial charge >= 0.3 is 0 Å². The Labute approximate surface area is 187 Å². The standard InChI is InChI=1S/C25H40N2O4/c1-5-6-11-21(26)24(29)27-15-20(25(3,16-27)17(2)28)18-12-13-22(30-4)23(14-18)31-19-9-7-8-10-19/h12-14,17,19-21,28H,5-11,15-16,26H2,1-4H3/t17-,20?,21-,25+/m1/s1. The molecule has 0 spiro atoms. The third-order valence-electron chi connectivity index (χ3n) is 7.37. The van der Waals surface area contributed by atoms with E-state index in [1.807, 2.05) is 30.0 Å². The van der Waals surface area contributed by atoms with E-state index in [2.05, 4.69) is 13.8 Å². The van der Waals surface area contributed by atoms with Crippen LogP contribution in [0.1, 0.15) is 77.2 Å². The van der Waals surface area contributed by atoms with E-state index >= 15 is 0 Å². The molecule has 1 unspecified atom stereocenters. The molecule has 3 rings (SSSR count). The van der Waals surface area contributed by atoms with Gasteiger partial charge in [-0.1, -0.05) is 32.8 Å². The summed E-state index contributed by atoms with van der Waals surface area (Å²) in [5.74, 6) is 1.46. The van der Waals surface area contributed by atoms with Crippen LogP contribution in [0.5, 0.6) is 11.5 Å². The fourth-order valence-corrected chi connectivity index (χ4v) is 5.06. The number of rotatable bonds is 9. The van der Waals surface area contributed by atoms with E-state index in [1.165, 1.54) is 12.8 Å². The van der Waals surface area contributed by atoms with Crippen LogP contribution in [-0.4, -0.2) is 54.4 Å². The molecule has 6 heteroatoms. The summed E-state index contributed by atoms with van der Waals surface area (Å²) in [6, 6.07) is 5.55. The van der Waals surface area contributed by atoms with Crippen molar-refractivity contribution in [1.82, 2.24) is 4.90 Å². The number of carbonyl (C=O) groups excluding carboxylic acids is 1. The van der Waals surface area contributed by atoms with Gasteiger partial charge in [-0.25, -0.2) is 0 Å². The highest BCUT2D eigenvalue weighted by atomic mass is 16.5. The number of hydrogen-bond donors (Lipinski definition) is 2. The summed E-state index contributed by atoms with van der Waals surface area (Å²) in [7, 11) is 1.66. The Morgan fingerprint density at radius 3 is 2.65 bits per heavy atom. The lowest BCUT2D eigenvalue weighted by atomic mass is 9.72. The van der Waals surface area contributed by atoms with Crippen LogP contribution >= 0.6 is 0 Å². The van der Waals surface area contributed by atoms with Gasteiger partial charge in [0.1, 0.15) is 0 Å². The SMILES string of the molecule is CCCC[C@@H](N)C(=O)N1CC(c2ccc(OC)c(OC3CCCC3)c2)[C@](C)([C@@H](C)O)C1. The van der Waals surface area contributed by atoms with Crippen LogP contribution in [0, 0.1) is 5.41 Å². The lowest BCUT2D eigenvalue weighted by Crippen LogP contribution is -2.44. The monoisotopic (exact) mass is 432 g/mol. The van der Waals surface area contributed by atoms with Crippen molar-refractivity contribution >= 4 is 5.91 Å². The van der Waals surface area contributed by atoms with Crippen LogP contribution in [-0.2, 0) is 4.79 Å². The number of aliphatic hydroxyl groups is 1. The van der Waals surface area contributed by atoms with Crippen molar-refractivity contribution in [1.29, 1.82) is 0 Å². The van der Waals surface area contributed by atoms with Crippen molar-refractivity contribution in [3.63, 3.8) is 0 Å². The number of methoxy groups -OCH3 is 1. The number of aliphatic hydroxyl groups excluding tert-OH is 1. The number of ether oxygens (including phenoxy) is 2. The zero-order valence-corrected chi connectivity index (χ0v) is 19.6. The second-order valence-electron chi connectivity index (χ2n) is 9.64. The zero-order valence-electron chi connectivity index (χ0n) is 19.6. The third kappa shape index (κ3) is 5.17. The van der Waals surface area contributed by atoms with Crippen molar-refractivity contribution in [2.45, 2.75) is 89.9 Å². The van der Waals surface area contributed by atoms with Gasteiger partial charge in [0.2, 0.25) is 5.91 Å². The van der Waals surface area contributed by atoms with Gasteiger partial charge in [0, 0.05) is 24.4 Å².